The molecule has 2 nitrogen and oxygen atoms in total. The Kier molecular flexibility index (Phi) is 3.95. The molecule has 98 valence electrons. The van der Waals surface area contributed by atoms with E-state index in [-0.39, 0.29) is 17.7 Å². The normalized spacial score (nSPS) is 11.9. The van der Waals surface area contributed by atoms with Crippen molar-refractivity contribution in [3.8, 4) is 11.1 Å². The van der Waals surface area contributed by atoms with Crippen LogP contribution in [-0.2, 0) is 9.53 Å². The summed E-state index contributed by atoms with van der Waals surface area (Å²) in [5, 5.41) is 0. The summed E-state index contributed by atoms with van der Waals surface area (Å²) in [6.45, 7) is 1.78. The molecule has 0 radical (unpaired) electrons. The van der Waals surface area contributed by atoms with Crippen molar-refractivity contribution in [2.75, 3.05) is 7.11 Å². The van der Waals surface area contributed by atoms with Gasteiger partial charge in [0.1, 0.15) is 5.82 Å². The first kappa shape index (κ1) is 13.3. The number of rotatable bonds is 3. The van der Waals surface area contributed by atoms with Crippen LogP contribution in [0.3, 0.4) is 0 Å². The Balaban J connectivity index is 2.29. The molecule has 2 aromatic carbocycles. The second-order valence-corrected chi connectivity index (χ2v) is 4.35. The number of hydrogen-bond donors (Lipinski definition) is 0. The highest BCUT2D eigenvalue weighted by Crippen LogP contribution is 2.25. The summed E-state index contributed by atoms with van der Waals surface area (Å²) >= 11 is 0. The van der Waals surface area contributed by atoms with Crippen molar-refractivity contribution in [3.63, 3.8) is 0 Å². The third-order valence-electron chi connectivity index (χ3n) is 3.15. The van der Waals surface area contributed by atoms with E-state index in [4.69, 9.17) is 4.74 Å². The van der Waals surface area contributed by atoms with Crippen molar-refractivity contribution in [2.45, 2.75) is 12.8 Å². The SMILES string of the molecule is COC(=O)C(C)c1ccc(-c2ccccc2F)cc1. The van der Waals surface area contributed by atoms with Crippen molar-refractivity contribution in [1.29, 1.82) is 0 Å². The average molecular weight is 258 g/mol. The molecule has 3 heteroatoms. The van der Waals surface area contributed by atoms with Gasteiger partial charge in [-0.25, -0.2) is 4.39 Å². The molecule has 0 bridgehead atoms. The van der Waals surface area contributed by atoms with E-state index >= 15 is 0 Å². The van der Waals surface area contributed by atoms with Crippen LogP contribution in [0.25, 0.3) is 11.1 Å². The molecule has 0 aromatic heterocycles. The predicted molar refractivity (Wildman–Crippen MR) is 72.3 cm³/mol. The third-order valence-corrected chi connectivity index (χ3v) is 3.15. The summed E-state index contributed by atoms with van der Waals surface area (Å²) in [5.74, 6) is -0.852. The number of carbonyl (C=O) groups is 1. The molecule has 0 aliphatic heterocycles. The van der Waals surface area contributed by atoms with Crippen LogP contribution >= 0.6 is 0 Å². The molecule has 0 aliphatic rings. The van der Waals surface area contributed by atoms with Crippen LogP contribution in [-0.4, -0.2) is 13.1 Å². The second kappa shape index (κ2) is 5.65. The molecule has 1 unspecified atom stereocenters. The minimum absolute atomic E-state index is 0.253. The summed E-state index contributed by atoms with van der Waals surface area (Å²) in [6, 6.07) is 13.9. The van der Waals surface area contributed by atoms with Crippen LogP contribution in [0.5, 0.6) is 0 Å². The predicted octanol–water partition coefficient (Wildman–Crippen LogP) is 3.77. The first-order chi connectivity index (χ1) is 9.13. The van der Waals surface area contributed by atoms with Gasteiger partial charge in [-0.2, -0.15) is 0 Å². The number of carbonyl (C=O) groups excluding carboxylic acids is 1. The lowest BCUT2D eigenvalue weighted by molar-refractivity contribution is -0.141. The zero-order valence-corrected chi connectivity index (χ0v) is 10.9. The van der Waals surface area contributed by atoms with Gasteiger partial charge in [-0.3, -0.25) is 4.79 Å². The Bertz CT molecular complexity index is 576. The highest BCUT2D eigenvalue weighted by atomic mass is 19.1. The van der Waals surface area contributed by atoms with Crippen LogP contribution in [0, 0.1) is 5.82 Å². The van der Waals surface area contributed by atoms with Crippen LogP contribution in [0.4, 0.5) is 4.39 Å². The highest BCUT2D eigenvalue weighted by Gasteiger charge is 2.15. The maximum atomic E-state index is 13.6. The van der Waals surface area contributed by atoms with Crippen LogP contribution in [0.15, 0.2) is 48.5 Å². The van der Waals surface area contributed by atoms with Gasteiger partial charge in [-0.15, -0.1) is 0 Å². The molecule has 0 amide bonds. The third kappa shape index (κ3) is 2.81. The lowest BCUT2D eigenvalue weighted by Gasteiger charge is -2.10. The number of methoxy groups -OCH3 is 1. The van der Waals surface area contributed by atoms with E-state index in [2.05, 4.69) is 0 Å². The van der Waals surface area contributed by atoms with E-state index in [1.807, 2.05) is 24.3 Å². The van der Waals surface area contributed by atoms with Crippen molar-refractivity contribution >= 4 is 5.97 Å². The Morgan fingerprint density at radius 1 is 1.11 bits per heavy atom. The number of hydrogen-bond acceptors (Lipinski definition) is 2. The molecule has 0 aliphatic carbocycles. The summed E-state index contributed by atoms with van der Waals surface area (Å²) in [5.41, 5.74) is 2.20. The summed E-state index contributed by atoms with van der Waals surface area (Å²) < 4.78 is 18.3. The molecular weight excluding hydrogens is 243 g/mol. The Hall–Kier alpha value is -2.16. The van der Waals surface area contributed by atoms with Gasteiger partial charge >= 0.3 is 5.97 Å². The number of benzene rings is 2. The quantitative estimate of drug-likeness (QED) is 0.783. The summed E-state index contributed by atoms with van der Waals surface area (Å²) in [4.78, 5) is 11.4. The Morgan fingerprint density at radius 2 is 1.74 bits per heavy atom. The standard InChI is InChI=1S/C16H15FO2/c1-11(16(18)19-2)12-7-9-13(10-8-12)14-5-3-4-6-15(14)17/h3-11H,1-2H3. The van der Waals surface area contributed by atoms with Gasteiger partial charge in [0.25, 0.3) is 0 Å². The number of ether oxygens (including phenoxy) is 1. The molecule has 2 rings (SSSR count). The fourth-order valence-electron chi connectivity index (χ4n) is 1.96. The van der Waals surface area contributed by atoms with E-state index in [0.29, 0.717) is 5.56 Å². The van der Waals surface area contributed by atoms with Gasteiger partial charge < -0.3 is 4.74 Å². The lowest BCUT2D eigenvalue weighted by atomic mass is 9.97. The molecule has 0 saturated heterocycles. The van der Waals surface area contributed by atoms with Crippen molar-refractivity contribution < 1.29 is 13.9 Å². The molecule has 0 N–H and O–H groups in total. The zero-order chi connectivity index (χ0) is 13.8. The Morgan fingerprint density at radius 3 is 2.32 bits per heavy atom. The van der Waals surface area contributed by atoms with Crippen molar-refractivity contribution in [2.24, 2.45) is 0 Å². The first-order valence-corrected chi connectivity index (χ1v) is 6.06. The molecule has 0 fully saturated rings. The van der Waals surface area contributed by atoms with Crippen LogP contribution < -0.4 is 0 Å². The fraction of sp³-hybridized carbons (Fsp3) is 0.188. The van der Waals surface area contributed by atoms with E-state index in [1.54, 1.807) is 25.1 Å². The first-order valence-electron chi connectivity index (χ1n) is 6.06. The van der Waals surface area contributed by atoms with Gasteiger partial charge in [0.2, 0.25) is 0 Å². The highest BCUT2D eigenvalue weighted by molar-refractivity contribution is 5.78. The van der Waals surface area contributed by atoms with Crippen LogP contribution in [0.1, 0.15) is 18.4 Å². The van der Waals surface area contributed by atoms with Gasteiger partial charge in [-0.1, -0.05) is 42.5 Å². The number of halogens is 1. The van der Waals surface area contributed by atoms with Gasteiger partial charge in [0, 0.05) is 5.56 Å². The second-order valence-electron chi connectivity index (χ2n) is 4.35. The smallest absolute Gasteiger partial charge is 0.312 e. The minimum atomic E-state index is -0.320. The maximum Gasteiger partial charge on any atom is 0.312 e. The van der Waals surface area contributed by atoms with E-state index < -0.39 is 0 Å². The largest absolute Gasteiger partial charge is 0.469 e. The van der Waals surface area contributed by atoms with Crippen LogP contribution in [0.2, 0.25) is 0 Å². The van der Waals surface area contributed by atoms with E-state index in [1.165, 1.54) is 13.2 Å². The van der Waals surface area contributed by atoms with Gasteiger partial charge in [-0.05, 0) is 24.1 Å². The zero-order valence-electron chi connectivity index (χ0n) is 10.9. The number of esters is 1. The van der Waals surface area contributed by atoms with Crippen molar-refractivity contribution in [3.05, 3.63) is 59.9 Å². The fourth-order valence-corrected chi connectivity index (χ4v) is 1.96. The lowest BCUT2D eigenvalue weighted by Crippen LogP contribution is -2.10. The molecule has 0 spiro atoms. The molecule has 0 saturated carbocycles. The summed E-state index contributed by atoms with van der Waals surface area (Å²) in [7, 11) is 1.37. The van der Waals surface area contributed by atoms with Crippen molar-refractivity contribution in [1.82, 2.24) is 0 Å². The molecule has 2 aromatic rings. The minimum Gasteiger partial charge on any atom is -0.469 e. The monoisotopic (exact) mass is 258 g/mol. The Labute approximate surface area is 111 Å². The topological polar surface area (TPSA) is 26.3 Å². The molecular formula is C16H15FO2. The van der Waals surface area contributed by atoms with E-state index in [9.17, 15) is 9.18 Å². The molecule has 0 heterocycles. The summed E-state index contributed by atoms with van der Waals surface area (Å²) in [6.07, 6.45) is 0. The van der Waals surface area contributed by atoms with Gasteiger partial charge in [0.15, 0.2) is 0 Å². The average Bonchev–Trinajstić information content (AvgIpc) is 2.46. The maximum absolute atomic E-state index is 13.6. The molecule has 1 atom stereocenters. The van der Waals surface area contributed by atoms with E-state index in [0.717, 1.165) is 11.1 Å². The molecule has 19 heavy (non-hydrogen) atoms. The van der Waals surface area contributed by atoms with Gasteiger partial charge in [0.05, 0.1) is 13.0 Å².